The lowest BCUT2D eigenvalue weighted by atomic mass is 10.0. The van der Waals surface area contributed by atoms with Crippen molar-refractivity contribution in [2.75, 3.05) is 0 Å². The third-order valence-corrected chi connectivity index (χ3v) is 2.52. The molecule has 0 saturated heterocycles. The van der Waals surface area contributed by atoms with E-state index in [9.17, 15) is 15.0 Å². The maximum Gasteiger partial charge on any atom is 0.371 e. The van der Waals surface area contributed by atoms with E-state index in [0.717, 1.165) is 0 Å². The molecular weight excluding hydrogens is 238 g/mol. The highest BCUT2D eigenvalue weighted by molar-refractivity contribution is 5.91. The number of carbonyl (C=O) groups is 1. The Hall–Kier alpha value is -2.36. The van der Waals surface area contributed by atoms with Gasteiger partial charge in [0.25, 0.3) is 0 Å². The van der Waals surface area contributed by atoms with Crippen molar-refractivity contribution in [3.05, 3.63) is 35.6 Å². The largest absolute Gasteiger partial charge is 0.475 e. The minimum atomic E-state index is -1.53. The molecule has 1 aromatic heterocycles. The first-order valence-corrected chi connectivity index (χ1v) is 5.05. The molecule has 2 atom stereocenters. The first-order valence-electron chi connectivity index (χ1n) is 5.05. The zero-order valence-electron chi connectivity index (χ0n) is 9.07. The highest BCUT2D eigenvalue weighted by Crippen LogP contribution is 2.25. The molecule has 0 saturated carbocycles. The molecule has 6 heteroatoms. The van der Waals surface area contributed by atoms with Gasteiger partial charge >= 0.3 is 5.97 Å². The topological polar surface area (TPSA) is 115 Å². The SMILES string of the molecule is N#CC(O)C(O)c1ccc2oc(C(=O)O)cc2c1. The first kappa shape index (κ1) is 12.1. The quantitative estimate of drug-likeness (QED) is 0.698. The van der Waals surface area contributed by atoms with Gasteiger partial charge in [0.2, 0.25) is 5.76 Å². The second kappa shape index (κ2) is 4.49. The summed E-state index contributed by atoms with van der Waals surface area (Å²) in [5.74, 6) is -1.40. The van der Waals surface area contributed by atoms with Gasteiger partial charge in [0.1, 0.15) is 11.7 Å². The third kappa shape index (κ3) is 2.05. The van der Waals surface area contributed by atoms with Crippen LogP contribution in [0.3, 0.4) is 0 Å². The van der Waals surface area contributed by atoms with Gasteiger partial charge in [0.05, 0.1) is 6.07 Å². The molecule has 2 unspecified atom stereocenters. The molecule has 2 aromatic rings. The summed E-state index contributed by atoms with van der Waals surface area (Å²) < 4.78 is 5.04. The van der Waals surface area contributed by atoms with Crippen molar-refractivity contribution in [1.29, 1.82) is 5.26 Å². The van der Waals surface area contributed by atoms with Gasteiger partial charge in [-0.15, -0.1) is 0 Å². The van der Waals surface area contributed by atoms with Gasteiger partial charge < -0.3 is 19.7 Å². The van der Waals surface area contributed by atoms with Gasteiger partial charge in [-0.25, -0.2) is 4.79 Å². The van der Waals surface area contributed by atoms with Crippen LogP contribution in [0.15, 0.2) is 28.7 Å². The summed E-state index contributed by atoms with van der Waals surface area (Å²) in [4.78, 5) is 10.7. The van der Waals surface area contributed by atoms with E-state index < -0.39 is 18.2 Å². The number of aliphatic hydroxyl groups is 2. The Balaban J connectivity index is 2.44. The van der Waals surface area contributed by atoms with E-state index in [1.807, 2.05) is 0 Å². The molecule has 1 heterocycles. The number of nitriles is 1. The van der Waals surface area contributed by atoms with Crippen LogP contribution in [-0.2, 0) is 0 Å². The van der Waals surface area contributed by atoms with E-state index in [0.29, 0.717) is 16.5 Å². The molecule has 0 radical (unpaired) electrons. The van der Waals surface area contributed by atoms with Gasteiger partial charge in [-0.05, 0) is 23.8 Å². The minimum absolute atomic E-state index is 0.211. The normalized spacial score (nSPS) is 14.1. The lowest BCUT2D eigenvalue weighted by molar-refractivity contribution is 0.0529. The second-order valence-electron chi connectivity index (χ2n) is 3.73. The maximum atomic E-state index is 10.7. The van der Waals surface area contributed by atoms with E-state index in [-0.39, 0.29) is 5.76 Å². The molecule has 0 amide bonds. The number of carboxylic acids is 1. The number of furan rings is 1. The molecular formula is C12H9NO5. The Morgan fingerprint density at radius 3 is 2.67 bits per heavy atom. The fraction of sp³-hybridized carbons (Fsp3) is 0.167. The fourth-order valence-electron chi connectivity index (χ4n) is 1.60. The number of hydrogen-bond donors (Lipinski definition) is 3. The molecule has 6 nitrogen and oxygen atoms in total. The van der Waals surface area contributed by atoms with Crippen molar-refractivity contribution in [3.63, 3.8) is 0 Å². The number of rotatable bonds is 3. The molecule has 0 bridgehead atoms. The van der Waals surface area contributed by atoms with Gasteiger partial charge in [0.15, 0.2) is 6.10 Å². The van der Waals surface area contributed by atoms with E-state index in [2.05, 4.69) is 0 Å². The smallest absolute Gasteiger partial charge is 0.371 e. The molecule has 0 aliphatic carbocycles. The zero-order valence-corrected chi connectivity index (χ0v) is 9.07. The van der Waals surface area contributed by atoms with Crippen molar-refractivity contribution < 1.29 is 24.5 Å². The number of aromatic carboxylic acids is 1. The molecule has 0 aliphatic rings. The summed E-state index contributed by atoms with van der Waals surface area (Å²) in [7, 11) is 0. The number of benzene rings is 1. The molecule has 0 fully saturated rings. The van der Waals surface area contributed by atoms with Crippen molar-refractivity contribution in [3.8, 4) is 6.07 Å². The summed E-state index contributed by atoms with van der Waals surface area (Å²) in [5.41, 5.74) is 0.670. The zero-order chi connectivity index (χ0) is 13.3. The maximum absolute atomic E-state index is 10.7. The number of nitrogens with zero attached hydrogens (tertiary/aromatic N) is 1. The summed E-state index contributed by atoms with van der Waals surface area (Å²) >= 11 is 0. The number of aliphatic hydroxyl groups excluding tert-OH is 2. The third-order valence-electron chi connectivity index (χ3n) is 2.52. The molecule has 3 N–H and O–H groups in total. The van der Waals surface area contributed by atoms with Crippen LogP contribution in [0.5, 0.6) is 0 Å². The predicted molar refractivity (Wildman–Crippen MR) is 59.8 cm³/mol. The van der Waals surface area contributed by atoms with Crippen LogP contribution < -0.4 is 0 Å². The molecule has 1 aromatic carbocycles. The Kier molecular flexibility index (Phi) is 3.02. The lowest BCUT2D eigenvalue weighted by Gasteiger charge is -2.11. The number of carboxylic acid groups (broad SMARTS) is 1. The highest BCUT2D eigenvalue weighted by atomic mass is 16.4. The molecule has 2 rings (SSSR count). The average Bonchev–Trinajstić information content (AvgIpc) is 2.79. The monoisotopic (exact) mass is 247 g/mol. The number of fused-ring (bicyclic) bond motifs is 1. The van der Waals surface area contributed by atoms with E-state index in [1.165, 1.54) is 30.3 Å². The van der Waals surface area contributed by atoms with Crippen LogP contribution >= 0.6 is 0 Å². The van der Waals surface area contributed by atoms with Crippen molar-refractivity contribution in [1.82, 2.24) is 0 Å². The van der Waals surface area contributed by atoms with Gasteiger partial charge in [0, 0.05) is 5.39 Å². The molecule has 0 aliphatic heterocycles. The van der Waals surface area contributed by atoms with Crippen molar-refractivity contribution >= 4 is 16.9 Å². The Labute approximate surface area is 101 Å². The second-order valence-corrected chi connectivity index (χ2v) is 3.73. The van der Waals surface area contributed by atoms with Gasteiger partial charge in [-0.1, -0.05) is 6.07 Å². The predicted octanol–water partition coefficient (Wildman–Crippen LogP) is 1.05. The fourth-order valence-corrected chi connectivity index (χ4v) is 1.60. The van der Waals surface area contributed by atoms with Gasteiger partial charge in [-0.3, -0.25) is 0 Å². The van der Waals surface area contributed by atoms with Crippen LogP contribution in [-0.4, -0.2) is 27.4 Å². The minimum Gasteiger partial charge on any atom is -0.475 e. The Bertz CT molecular complexity index is 639. The van der Waals surface area contributed by atoms with Crippen molar-refractivity contribution in [2.24, 2.45) is 0 Å². The summed E-state index contributed by atoms with van der Waals surface area (Å²) in [6.07, 6.45) is -2.88. The average molecular weight is 247 g/mol. The Morgan fingerprint density at radius 2 is 2.06 bits per heavy atom. The van der Waals surface area contributed by atoms with E-state index in [4.69, 9.17) is 14.8 Å². The molecule has 92 valence electrons. The molecule has 0 spiro atoms. The van der Waals surface area contributed by atoms with Crippen LogP contribution in [0.1, 0.15) is 22.2 Å². The number of hydrogen-bond acceptors (Lipinski definition) is 5. The van der Waals surface area contributed by atoms with E-state index >= 15 is 0 Å². The summed E-state index contributed by atoms with van der Waals surface area (Å²) in [6, 6.07) is 7.24. The van der Waals surface area contributed by atoms with Crippen LogP contribution in [0.25, 0.3) is 11.0 Å². The summed E-state index contributed by atoms with van der Waals surface area (Å²) in [6.45, 7) is 0. The molecule has 18 heavy (non-hydrogen) atoms. The first-order chi connectivity index (χ1) is 8.52. The van der Waals surface area contributed by atoms with Gasteiger partial charge in [-0.2, -0.15) is 5.26 Å². The van der Waals surface area contributed by atoms with Crippen LogP contribution in [0, 0.1) is 11.3 Å². The highest BCUT2D eigenvalue weighted by Gasteiger charge is 2.19. The standard InChI is InChI=1S/C12H9NO5/c13-5-8(14)11(15)6-1-2-9-7(3-6)4-10(18-9)12(16)17/h1-4,8,11,14-15H,(H,16,17). The lowest BCUT2D eigenvalue weighted by Crippen LogP contribution is -2.15. The Morgan fingerprint density at radius 1 is 1.33 bits per heavy atom. The van der Waals surface area contributed by atoms with Crippen LogP contribution in [0.4, 0.5) is 0 Å². The summed E-state index contributed by atoms with van der Waals surface area (Å²) in [5, 5.41) is 36.6. The van der Waals surface area contributed by atoms with Crippen molar-refractivity contribution in [2.45, 2.75) is 12.2 Å². The van der Waals surface area contributed by atoms with Crippen LogP contribution in [0.2, 0.25) is 0 Å². The van der Waals surface area contributed by atoms with E-state index in [1.54, 1.807) is 0 Å².